The first-order chi connectivity index (χ1) is 12.5. The van der Waals surface area contributed by atoms with Crippen molar-refractivity contribution in [3.05, 3.63) is 53.2 Å². The van der Waals surface area contributed by atoms with Gasteiger partial charge in [-0.1, -0.05) is 30.3 Å². The Morgan fingerprint density at radius 2 is 2.12 bits per heavy atom. The first-order valence-electron chi connectivity index (χ1n) is 8.75. The fourth-order valence-electron chi connectivity index (χ4n) is 3.14. The molecule has 0 fully saturated rings. The number of amidine groups is 1. The second kappa shape index (κ2) is 7.43. The molecule has 26 heavy (non-hydrogen) atoms. The van der Waals surface area contributed by atoms with Gasteiger partial charge in [-0.25, -0.2) is 9.78 Å². The molecule has 2 heterocycles. The number of carbonyl (C=O) groups excluding carboxylic acids is 1. The van der Waals surface area contributed by atoms with Crippen LogP contribution in [0.5, 0.6) is 0 Å². The molecule has 0 aliphatic carbocycles. The van der Waals surface area contributed by atoms with E-state index in [9.17, 15) is 4.79 Å². The van der Waals surface area contributed by atoms with Crippen molar-refractivity contribution >= 4 is 23.4 Å². The quantitative estimate of drug-likeness (QED) is 0.678. The highest BCUT2D eigenvalue weighted by molar-refractivity contribution is 6.03. The highest BCUT2D eigenvalue weighted by Gasteiger charge is 2.24. The number of aromatic nitrogens is 1. The predicted molar refractivity (Wildman–Crippen MR) is 103 cm³/mol. The van der Waals surface area contributed by atoms with E-state index >= 15 is 0 Å². The number of nitrogen functional groups attached to an aromatic ring is 1. The van der Waals surface area contributed by atoms with Gasteiger partial charge in [0.05, 0.1) is 17.3 Å². The first-order valence-corrected chi connectivity index (χ1v) is 8.75. The van der Waals surface area contributed by atoms with Crippen LogP contribution in [0.4, 0.5) is 16.3 Å². The van der Waals surface area contributed by atoms with Gasteiger partial charge in [-0.05, 0) is 19.4 Å². The molecule has 1 atom stereocenters. The zero-order valence-corrected chi connectivity index (χ0v) is 15.0. The zero-order chi connectivity index (χ0) is 18.7. The number of urea groups is 1. The summed E-state index contributed by atoms with van der Waals surface area (Å²) in [5.41, 5.74) is 9.05. The molecule has 0 saturated carbocycles. The number of carbonyl (C=O) groups is 1. The molecule has 1 aromatic carbocycles. The number of hydrogen-bond acceptors (Lipinski definition) is 4. The Morgan fingerprint density at radius 1 is 1.38 bits per heavy atom. The minimum atomic E-state index is -0.339. The average Bonchev–Trinajstić information content (AvgIpc) is 2.62. The molecule has 0 radical (unpaired) electrons. The van der Waals surface area contributed by atoms with E-state index in [1.165, 1.54) is 0 Å². The van der Waals surface area contributed by atoms with Gasteiger partial charge in [0.15, 0.2) is 0 Å². The van der Waals surface area contributed by atoms with Gasteiger partial charge in [-0.2, -0.15) is 0 Å². The smallest absolute Gasteiger partial charge is 0.320 e. The van der Waals surface area contributed by atoms with Crippen molar-refractivity contribution in [1.29, 1.82) is 5.41 Å². The van der Waals surface area contributed by atoms with E-state index in [1.54, 1.807) is 6.07 Å². The van der Waals surface area contributed by atoms with E-state index in [-0.39, 0.29) is 12.1 Å². The monoisotopic (exact) mass is 352 g/mol. The number of nitrogens with zero attached hydrogens (tertiary/aromatic N) is 2. The molecule has 1 aliphatic rings. The summed E-state index contributed by atoms with van der Waals surface area (Å²) in [5.74, 6) is 0.796. The van der Waals surface area contributed by atoms with Crippen LogP contribution in [0.3, 0.4) is 0 Å². The maximum absolute atomic E-state index is 12.3. The van der Waals surface area contributed by atoms with Gasteiger partial charge in [-0.3, -0.25) is 10.7 Å². The Labute approximate surface area is 153 Å². The topological polar surface area (TPSA) is 107 Å². The molecule has 7 nitrogen and oxygen atoms in total. The minimum Gasteiger partial charge on any atom is -0.398 e. The standard InChI is InChI=1S/C19H24N6O/c1-3-25-10-9-15-17(18(25)21)14(20)11-16(23-15)24-19(26)22-12(2)13-7-5-4-6-8-13/h4-8,11-12,21H,3,9-10H2,1-2H3,(H4,20,22,23,24,26). The lowest BCUT2D eigenvalue weighted by atomic mass is 10.0. The Balaban J connectivity index is 1.72. The number of nitrogens with two attached hydrogens (primary N) is 1. The van der Waals surface area contributed by atoms with Gasteiger partial charge in [0.1, 0.15) is 11.7 Å². The zero-order valence-electron chi connectivity index (χ0n) is 15.0. The second-order valence-electron chi connectivity index (χ2n) is 6.33. The lowest BCUT2D eigenvalue weighted by molar-refractivity contribution is 0.249. The normalized spacial score (nSPS) is 14.5. The van der Waals surface area contributed by atoms with Crippen LogP contribution in [-0.4, -0.2) is 34.8 Å². The molecule has 136 valence electrons. The first kappa shape index (κ1) is 17.7. The van der Waals surface area contributed by atoms with Crippen molar-refractivity contribution in [2.45, 2.75) is 26.3 Å². The van der Waals surface area contributed by atoms with Gasteiger partial charge in [0.2, 0.25) is 0 Å². The van der Waals surface area contributed by atoms with Gasteiger partial charge < -0.3 is 16.0 Å². The summed E-state index contributed by atoms with van der Waals surface area (Å²) < 4.78 is 0. The van der Waals surface area contributed by atoms with Crippen molar-refractivity contribution in [2.24, 2.45) is 0 Å². The SMILES string of the molecule is CCN1CCc2nc(NC(=O)NC(C)c3ccccc3)cc(N)c2C1=N. The summed E-state index contributed by atoms with van der Waals surface area (Å²) in [4.78, 5) is 18.7. The number of benzene rings is 1. The number of likely N-dealkylation sites (N-methyl/N-ethyl adjacent to an activating group) is 1. The summed E-state index contributed by atoms with van der Waals surface area (Å²) in [6.07, 6.45) is 0.702. The van der Waals surface area contributed by atoms with Crippen molar-refractivity contribution in [3.63, 3.8) is 0 Å². The lowest BCUT2D eigenvalue weighted by Crippen LogP contribution is -2.38. The molecule has 5 N–H and O–H groups in total. The number of rotatable bonds is 4. The molecule has 1 aliphatic heterocycles. The number of pyridine rings is 1. The highest BCUT2D eigenvalue weighted by Crippen LogP contribution is 2.25. The van der Waals surface area contributed by atoms with Crippen LogP contribution in [0.2, 0.25) is 0 Å². The van der Waals surface area contributed by atoms with Crippen LogP contribution in [0.25, 0.3) is 0 Å². The number of anilines is 2. The van der Waals surface area contributed by atoms with Gasteiger partial charge in [0.25, 0.3) is 0 Å². The summed E-state index contributed by atoms with van der Waals surface area (Å²) in [6.45, 7) is 5.43. The van der Waals surface area contributed by atoms with E-state index in [0.29, 0.717) is 29.3 Å². The van der Waals surface area contributed by atoms with Crippen LogP contribution in [-0.2, 0) is 6.42 Å². The largest absolute Gasteiger partial charge is 0.398 e. The number of nitrogens with one attached hydrogen (secondary N) is 3. The van der Waals surface area contributed by atoms with E-state index < -0.39 is 0 Å². The van der Waals surface area contributed by atoms with E-state index in [1.807, 2.05) is 49.1 Å². The molecule has 0 saturated heterocycles. The molecule has 1 unspecified atom stereocenters. The number of fused-ring (bicyclic) bond motifs is 1. The molecule has 0 bridgehead atoms. The van der Waals surface area contributed by atoms with Crippen LogP contribution < -0.4 is 16.4 Å². The van der Waals surface area contributed by atoms with E-state index in [2.05, 4.69) is 15.6 Å². The summed E-state index contributed by atoms with van der Waals surface area (Å²) in [6, 6.07) is 10.9. The molecule has 1 aromatic heterocycles. The fraction of sp³-hybridized carbons (Fsp3) is 0.316. The second-order valence-corrected chi connectivity index (χ2v) is 6.33. The molecular weight excluding hydrogens is 328 g/mol. The van der Waals surface area contributed by atoms with Crippen LogP contribution >= 0.6 is 0 Å². The van der Waals surface area contributed by atoms with Crippen molar-refractivity contribution < 1.29 is 4.79 Å². The maximum Gasteiger partial charge on any atom is 0.320 e. The van der Waals surface area contributed by atoms with Crippen LogP contribution in [0.1, 0.15) is 36.7 Å². The molecule has 7 heteroatoms. The Bertz CT molecular complexity index is 820. The number of hydrogen-bond donors (Lipinski definition) is 4. The van der Waals surface area contributed by atoms with Gasteiger partial charge in [-0.15, -0.1) is 0 Å². The molecular formula is C19H24N6O. The fourth-order valence-corrected chi connectivity index (χ4v) is 3.14. The van der Waals surface area contributed by atoms with Crippen molar-refractivity contribution in [2.75, 3.05) is 24.1 Å². The third kappa shape index (κ3) is 3.61. The Hall–Kier alpha value is -3.09. The molecule has 0 spiro atoms. The van der Waals surface area contributed by atoms with Crippen molar-refractivity contribution in [3.8, 4) is 0 Å². The maximum atomic E-state index is 12.3. The van der Waals surface area contributed by atoms with E-state index in [0.717, 1.165) is 24.3 Å². The summed E-state index contributed by atoms with van der Waals surface area (Å²) in [5, 5.41) is 13.9. The van der Waals surface area contributed by atoms with E-state index in [4.69, 9.17) is 11.1 Å². The average molecular weight is 352 g/mol. The lowest BCUT2D eigenvalue weighted by Gasteiger charge is -2.30. The molecule has 2 amide bonds. The van der Waals surface area contributed by atoms with Gasteiger partial charge >= 0.3 is 6.03 Å². The molecule has 3 rings (SSSR count). The van der Waals surface area contributed by atoms with Crippen LogP contribution in [0, 0.1) is 5.41 Å². The highest BCUT2D eigenvalue weighted by atomic mass is 16.2. The Kier molecular flexibility index (Phi) is 5.06. The van der Waals surface area contributed by atoms with Crippen molar-refractivity contribution in [1.82, 2.24) is 15.2 Å². The van der Waals surface area contributed by atoms with Crippen LogP contribution in [0.15, 0.2) is 36.4 Å². The molecule has 2 aromatic rings. The third-order valence-corrected chi connectivity index (χ3v) is 4.57. The Morgan fingerprint density at radius 3 is 2.81 bits per heavy atom. The summed E-state index contributed by atoms with van der Waals surface area (Å²) in [7, 11) is 0. The summed E-state index contributed by atoms with van der Waals surface area (Å²) >= 11 is 0. The van der Waals surface area contributed by atoms with Gasteiger partial charge in [0, 0.05) is 31.3 Å². The minimum absolute atomic E-state index is 0.127. The number of amides is 2. The predicted octanol–water partition coefficient (Wildman–Crippen LogP) is 2.75. The third-order valence-electron chi connectivity index (χ3n) is 4.57.